The van der Waals surface area contributed by atoms with E-state index in [1.54, 1.807) is 0 Å². The molecule has 0 bridgehead atoms. The summed E-state index contributed by atoms with van der Waals surface area (Å²) in [6, 6.07) is 14.8. The van der Waals surface area contributed by atoms with E-state index in [9.17, 15) is 5.11 Å². The monoisotopic (exact) mass is 271 g/mol. The van der Waals surface area contributed by atoms with E-state index < -0.39 is 0 Å². The highest BCUT2D eigenvalue weighted by molar-refractivity contribution is 5.83. The fraction of sp³-hybridized carbons (Fsp3) is 0.444. The number of hydrogen-bond donors (Lipinski definition) is 2. The summed E-state index contributed by atoms with van der Waals surface area (Å²) < 4.78 is 0. The van der Waals surface area contributed by atoms with Crippen LogP contribution >= 0.6 is 0 Å². The van der Waals surface area contributed by atoms with Gasteiger partial charge in [-0.2, -0.15) is 0 Å². The van der Waals surface area contributed by atoms with Crippen molar-refractivity contribution >= 4 is 10.8 Å². The normalized spacial score (nSPS) is 15.2. The van der Waals surface area contributed by atoms with E-state index in [4.69, 9.17) is 0 Å². The number of hydrogen-bond acceptors (Lipinski definition) is 2. The lowest BCUT2D eigenvalue weighted by Crippen LogP contribution is -2.37. The molecule has 2 aromatic rings. The van der Waals surface area contributed by atoms with Crippen molar-refractivity contribution < 1.29 is 5.11 Å². The standard InChI is InChI=1S/C18H25NO/c1-18(2,3)17(20)16(12-19-4)15-10-9-13-7-5-6-8-14(13)11-15/h5-11,16-17,19-20H,12H2,1-4H3/t16-,17-/m1/s1. The van der Waals surface area contributed by atoms with E-state index in [0.29, 0.717) is 0 Å². The predicted octanol–water partition coefficient (Wildman–Crippen LogP) is 3.55. The molecular weight excluding hydrogens is 246 g/mol. The summed E-state index contributed by atoms with van der Waals surface area (Å²) in [4.78, 5) is 0. The SMILES string of the molecule is CNC[C@H](c1ccc2ccccc2c1)[C@@H](O)C(C)(C)C. The Morgan fingerprint density at radius 1 is 1.05 bits per heavy atom. The Kier molecular flexibility index (Phi) is 4.46. The molecule has 0 radical (unpaired) electrons. The van der Waals surface area contributed by atoms with Gasteiger partial charge in [-0.25, -0.2) is 0 Å². The Balaban J connectivity index is 2.41. The molecule has 0 aliphatic rings. The first kappa shape index (κ1) is 15.0. The fourth-order valence-electron chi connectivity index (χ4n) is 2.67. The van der Waals surface area contributed by atoms with Gasteiger partial charge in [0, 0.05) is 12.5 Å². The molecule has 108 valence electrons. The average Bonchev–Trinajstić information content (AvgIpc) is 2.42. The van der Waals surface area contributed by atoms with Crippen molar-refractivity contribution in [2.24, 2.45) is 5.41 Å². The van der Waals surface area contributed by atoms with Gasteiger partial charge >= 0.3 is 0 Å². The van der Waals surface area contributed by atoms with Crippen molar-refractivity contribution in [1.82, 2.24) is 5.32 Å². The van der Waals surface area contributed by atoms with E-state index in [0.717, 1.165) is 6.54 Å². The average molecular weight is 271 g/mol. The first-order valence-corrected chi connectivity index (χ1v) is 7.25. The topological polar surface area (TPSA) is 32.3 Å². The summed E-state index contributed by atoms with van der Waals surface area (Å²) in [6.45, 7) is 7.03. The molecule has 0 saturated carbocycles. The lowest BCUT2D eigenvalue weighted by molar-refractivity contribution is 0.0389. The molecule has 0 aliphatic carbocycles. The van der Waals surface area contributed by atoms with E-state index in [2.05, 4.69) is 68.6 Å². The molecule has 2 heteroatoms. The zero-order valence-electron chi connectivity index (χ0n) is 12.9. The van der Waals surface area contributed by atoms with Gasteiger partial charge in [-0.1, -0.05) is 63.2 Å². The number of fused-ring (bicyclic) bond motifs is 1. The predicted molar refractivity (Wildman–Crippen MR) is 86.1 cm³/mol. The molecule has 20 heavy (non-hydrogen) atoms. The molecule has 0 saturated heterocycles. The molecule has 2 rings (SSSR count). The van der Waals surface area contributed by atoms with Gasteiger partial charge in [-0.3, -0.25) is 0 Å². The van der Waals surface area contributed by atoms with Crippen LogP contribution in [0.1, 0.15) is 32.3 Å². The van der Waals surface area contributed by atoms with Gasteiger partial charge in [0.2, 0.25) is 0 Å². The summed E-state index contributed by atoms with van der Waals surface area (Å²) in [6.07, 6.45) is -0.379. The van der Waals surface area contributed by atoms with Crippen molar-refractivity contribution in [2.75, 3.05) is 13.6 Å². The van der Waals surface area contributed by atoms with Crippen molar-refractivity contribution in [2.45, 2.75) is 32.8 Å². The molecule has 2 N–H and O–H groups in total. The van der Waals surface area contributed by atoms with Gasteiger partial charge < -0.3 is 10.4 Å². The smallest absolute Gasteiger partial charge is 0.0669 e. The molecular formula is C18H25NO. The second-order valence-corrected chi connectivity index (χ2v) is 6.58. The van der Waals surface area contributed by atoms with Crippen molar-refractivity contribution in [3.05, 3.63) is 48.0 Å². The second kappa shape index (κ2) is 5.94. The zero-order chi connectivity index (χ0) is 14.8. The number of aliphatic hydroxyl groups is 1. The third-order valence-corrected chi connectivity index (χ3v) is 3.89. The van der Waals surface area contributed by atoms with E-state index in [1.807, 2.05) is 7.05 Å². The summed E-state index contributed by atoms with van der Waals surface area (Å²) in [5.41, 5.74) is 1.06. The molecule has 2 nitrogen and oxygen atoms in total. The summed E-state index contributed by atoms with van der Waals surface area (Å²) in [7, 11) is 1.93. The Morgan fingerprint density at radius 2 is 1.70 bits per heavy atom. The van der Waals surface area contributed by atoms with Crippen LogP contribution in [0.5, 0.6) is 0 Å². The lowest BCUT2D eigenvalue weighted by atomic mass is 9.78. The highest BCUT2D eigenvalue weighted by Gasteiger charge is 2.31. The van der Waals surface area contributed by atoms with Gasteiger partial charge in [0.15, 0.2) is 0 Å². The molecule has 0 amide bonds. The highest BCUT2D eigenvalue weighted by atomic mass is 16.3. The van der Waals surface area contributed by atoms with Crippen LogP contribution in [0.2, 0.25) is 0 Å². The van der Waals surface area contributed by atoms with Crippen LogP contribution in [-0.4, -0.2) is 24.8 Å². The quantitative estimate of drug-likeness (QED) is 0.891. The molecule has 0 unspecified atom stereocenters. The summed E-state index contributed by atoms with van der Waals surface area (Å²) in [5, 5.41) is 16.3. The number of rotatable bonds is 4. The molecule has 0 spiro atoms. The van der Waals surface area contributed by atoms with Gasteiger partial charge in [0.05, 0.1) is 6.10 Å². The zero-order valence-corrected chi connectivity index (χ0v) is 12.9. The molecule has 0 heterocycles. The molecule has 0 aromatic heterocycles. The van der Waals surface area contributed by atoms with E-state index >= 15 is 0 Å². The fourth-order valence-corrected chi connectivity index (χ4v) is 2.67. The summed E-state index contributed by atoms with van der Waals surface area (Å²) in [5.74, 6) is 0.101. The van der Waals surface area contributed by atoms with Gasteiger partial charge in [0.1, 0.15) is 0 Å². The number of aliphatic hydroxyl groups excluding tert-OH is 1. The van der Waals surface area contributed by atoms with Crippen LogP contribution in [0, 0.1) is 5.41 Å². The minimum atomic E-state index is -0.379. The first-order chi connectivity index (χ1) is 9.43. The van der Waals surface area contributed by atoms with Crippen LogP contribution in [0.3, 0.4) is 0 Å². The van der Waals surface area contributed by atoms with Crippen LogP contribution in [0.15, 0.2) is 42.5 Å². The number of likely N-dealkylation sites (N-methyl/N-ethyl adjacent to an activating group) is 1. The van der Waals surface area contributed by atoms with Gasteiger partial charge in [0.25, 0.3) is 0 Å². The second-order valence-electron chi connectivity index (χ2n) is 6.58. The Bertz CT molecular complexity index is 571. The minimum Gasteiger partial charge on any atom is -0.392 e. The van der Waals surface area contributed by atoms with Crippen LogP contribution in [0.4, 0.5) is 0 Å². The number of benzene rings is 2. The van der Waals surface area contributed by atoms with Crippen molar-refractivity contribution in [1.29, 1.82) is 0 Å². The number of nitrogens with one attached hydrogen (secondary N) is 1. The molecule has 2 aromatic carbocycles. The van der Waals surface area contributed by atoms with Crippen LogP contribution in [0.25, 0.3) is 10.8 Å². The minimum absolute atomic E-state index is 0.101. The van der Waals surface area contributed by atoms with Gasteiger partial charge in [-0.15, -0.1) is 0 Å². The first-order valence-electron chi connectivity index (χ1n) is 7.25. The Labute approximate surface area is 121 Å². The lowest BCUT2D eigenvalue weighted by Gasteiger charge is -2.33. The van der Waals surface area contributed by atoms with Crippen LogP contribution in [-0.2, 0) is 0 Å². The van der Waals surface area contributed by atoms with E-state index in [1.165, 1.54) is 16.3 Å². The molecule has 0 fully saturated rings. The molecule has 2 atom stereocenters. The van der Waals surface area contributed by atoms with Crippen molar-refractivity contribution in [3.8, 4) is 0 Å². The van der Waals surface area contributed by atoms with E-state index in [-0.39, 0.29) is 17.4 Å². The van der Waals surface area contributed by atoms with Gasteiger partial charge in [-0.05, 0) is 28.8 Å². The Hall–Kier alpha value is -1.38. The Morgan fingerprint density at radius 3 is 2.30 bits per heavy atom. The molecule has 0 aliphatic heterocycles. The van der Waals surface area contributed by atoms with Crippen LogP contribution < -0.4 is 5.32 Å². The maximum absolute atomic E-state index is 10.7. The third kappa shape index (κ3) is 3.20. The third-order valence-electron chi connectivity index (χ3n) is 3.89. The maximum atomic E-state index is 10.7. The highest BCUT2D eigenvalue weighted by Crippen LogP contribution is 2.32. The van der Waals surface area contributed by atoms with Crippen molar-refractivity contribution in [3.63, 3.8) is 0 Å². The summed E-state index contributed by atoms with van der Waals surface area (Å²) >= 11 is 0. The largest absolute Gasteiger partial charge is 0.392 e. The maximum Gasteiger partial charge on any atom is 0.0669 e.